The van der Waals surface area contributed by atoms with Crippen LogP contribution in [0.5, 0.6) is 0 Å². The topological polar surface area (TPSA) is 54.5 Å². The molecule has 0 unspecified atom stereocenters. The van der Waals surface area contributed by atoms with Crippen molar-refractivity contribution in [2.75, 3.05) is 18.6 Å². The fourth-order valence-corrected chi connectivity index (χ4v) is 3.85. The molecule has 1 aromatic carbocycles. The number of benzene rings is 1. The van der Waals surface area contributed by atoms with Crippen molar-refractivity contribution in [3.63, 3.8) is 0 Å². The van der Waals surface area contributed by atoms with E-state index >= 15 is 0 Å². The Hall–Kier alpha value is -1.43. The predicted molar refractivity (Wildman–Crippen MR) is 65.6 cm³/mol. The normalized spacial score (nSPS) is 21.8. The Balaban J connectivity index is 2.15. The minimum absolute atomic E-state index is 0.00937. The quantitative estimate of drug-likeness (QED) is 0.809. The van der Waals surface area contributed by atoms with E-state index in [0.717, 1.165) is 6.07 Å². The van der Waals surface area contributed by atoms with Gasteiger partial charge in [-0.25, -0.2) is 12.8 Å². The van der Waals surface area contributed by atoms with Crippen molar-refractivity contribution in [1.82, 2.24) is 4.90 Å². The van der Waals surface area contributed by atoms with Crippen LogP contribution in [0.15, 0.2) is 24.3 Å². The van der Waals surface area contributed by atoms with Crippen molar-refractivity contribution < 1.29 is 17.6 Å². The minimum atomic E-state index is -3.03. The van der Waals surface area contributed by atoms with Gasteiger partial charge in [-0.05, 0) is 24.6 Å². The molecule has 1 aromatic rings. The third-order valence-corrected chi connectivity index (χ3v) is 4.90. The summed E-state index contributed by atoms with van der Waals surface area (Å²) in [5.41, 5.74) is 0.238. The Labute approximate surface area is 105 Å². The fourth-order valence-electron chi connectivity index (χ4n) is 2.07. The van der Waals surface area contributed by atoms with Gasteiger partial charge >= 0.3 is 0 Å². The highest BCUT2D eigenvalue weighted by Gasteiger charge is 2.33. The molecule has 2 rings (SSSR count). The zero-order valence-electron chi connectivity index (χ0n) is 9.97. The lowest BCUT2D eigenvalue weighted by Crippen LogP contribution is -2.37. The van der Waals surface area contributed by atoms with Gasteiger partial charge in [0, 0.05) is 18.7 Å². The SMILES string of the molecule is CN(C(=O)c1cccc(F)c1)[C@@H]1CCS(=O)(=O)C1. The second kappa shape index (κ2) is 4.68. The average Bonchev–Trinajstić information content (AvgIpc) is 2.68. The molecular weight excluding hydrogens is 257 g/mol. The number of carbonyl (C=O) groups excluding carboxylic acids is 1. The molecule has 1 atom stereocenters. The predicted octanol–water partition coefficient (Wildman–Crippen LogP) is 1.08. The molecule has 0 bridgehead atoms. The van der Waals surface area contributed by atoms with Crippen LogP contribution in [0.3, 0.4) is 0 Å². The van der Waals surface area contributed by atoms with E-state index in [4.69, 9.17) is 0 Å². The number of amides is 1. The third kappa shape index (κ3) is 2.69. The number of nitrogens with zero attached hydrogens (tertiary/aromatic N) is 1. The first-order valence-corrected chi connectivity index (χ1v) is 7.44. The fraction of sp³-hybridized carbons (Fsp3) is 0.417. The molecule has 0 radical (unpaired) electrons. The van der Waals surface area contributed by atoms with Crippen molar-refractivity contribution in [3.05, 3.63) is 35.6 Å². The summed E-state index contributed by atoms with van der Waals surface area (Å²) in [7, 11) is -1.48. The molecule has 1 heterocycles. The molecule has 1 saturated heterocycles. The number of hydrogen-bond donors (Lipinski definition) is 0. The van der Waals surface area contributed by atoms with Crippen molar-refractivity contribution in [2.24, 2.45) is 0 Å². The zero-order chi connectivity index (χ0) is 13.3. The Morgan fingerprint density at radius 2 is 2.17 bits per heavy atom. The van der Waals surface area contributed by atoms with Gasteiger partial charge < -0.3 is 4.90 Å². The van der Waals surface area contributed by atoms with E-state index in [-0.39, 0.29) is 29.0 Å². The average molecular weight is 271 g/mol. The second-order valence-electron chi connectivity index (χ2n) is 4.48. The van der Waals surface area contributed by atoms with Crippen LogP contribution in [0.4, 0.5) is 4.39 Å². The van der Waals surface area contributed by atoms with Gasteiger partial charge in [0.05, 0.1) is 11.5 Å². The van der Waals surface area contributed by atoms with Crippen LogP contribution < -0.4 is 0 Å². The molecule has 1 aliphatic rings. The van der Waals surface area contributed by atoms with Gasteiger partial charge in [-0.2, -0.15) is 0 Å². The third-order valence-electron chi connectivity index (χ3n) is 3.15. The summed E-state index contributed by atoms with van der Waals surface area (Å²) < 4.78 is 35.7. The van der Waals surface area contributed by atoms with Crippen LogP contribution in [-0.4, -0.2) is 43.8 Å². The van der Waals surface area contributed by atoms with Gasteiger partial charge in [0.1, 0.15) is 5.82 Å². The Morgan fingerprint density at radius 1 is 1.44 bits per heavy atom. The maximum atomic E-state index is 13.0. The lowest BCUT2D eigenvalue weighted by atomic mass is 10.1. The summed E-state index contributed by atoms with van der Waals surface area (Å²) in [5.74, 6) is -0.729. The van der Waals surface area contributed by atoms with Crippen LogP contribution in [0.1, 0.15) is 16.8 Å². The molecule has 18 heavy (non-hydrogen) atoms. The van der Waals surface area contributed by atoms with E-state index in [1.165, 1.54) is 23.1 Å². The van der Waals surface area contributed by atoms with Crippen LogP contribution >= 0.6 is 0 Å². The van der Waals surface area contributed by atoms with Gasteiger partial charge in [0.15, 0.2) is 9.84 Å². The van der Waals surface area contributed by atoms with Crippen LogP contribution in [-0.2, 0) is 9.84 Å². The maximum Gasteiger partial charge on any atom is 0.253 e. The Bertz CT molecular complexity index is 570. The molecule has 0 spiro atoms. The standard InChI is InChI=1S/C12H14FNO3S/c1-14(11-5-6-18(16,17)8-11)12(15)9-3-2-4-10(13)7-9/h2-4,7,11H,5-6,8H2,1H3/t11-/m1/s1. The lowest BCUT2D eigenvalue weighted by molar-refractivity contribution is 0.0747. The van der Waals surface area contributed by atoms with E-state index in [1.807, 2.05) is 0 Å². The van der Waals surface area contributed by atoms with Crippen LogP contribution in [0, 0.1) is 5.82 Å². The lowest BCUT2D eigenvalue weighted by Gasteiger charge is -2.23. The van der Waals surface area contributed by atoms with E-state index < -0.39 is 15.7 Å². The van der Waals surface area contributed by atoms with Crippen LogP contribution in [0.2, 0.25) is 0 Å². The van der Waals surface area contributed by atoms with E-state index in [2.05, 4.69) is 0 Å². The van der Waals surface area contributed by atoms with Gasteiger partial charge in [-0.15, -0.1) is 0 Å². The highest BCUT2D eigenvalue weighted by Crippen LogP contribution is 2.18. The molecule has 1 amide bonds. The van der Waals surface area contributed by atoms with Gasteiger partial charge in [-0.3, -0.25) is 4.79 Å². The maximum absolute atomic E-state index is 13.0. The number of rotatable bonds is 2. The largest absolute Gasteiger partial charge is 0.338 e. The summed E-state index contributed by atoms with van der Waals surface area (Å²) in [5, 5.41) is 0. The van der Waals surface area contributed by atoms with Crippen molar-refractivity contribution in [3.8, 4) is 0 Å². The molecule has 6 heteroatoms. The minimum Gasteiger partial charge on any atom is -0.338 e. The summed E-state index contributed by atoms with van der Waals surface area (Å²) >= 11 is 0. The Morgan fingerprint density at radius 3 is 2.72 bits per heavy atom. The van der Waals surface area contributed by atoms with Crippen molar-refractivity contribution >= 4 is 15.7 Å². The molecule has 0 aliphatic carbocycles. The van der Waals surface area contributed by atoms with Crippen LogP contribution in [0.25, 0.3) is 0 Å². The molecule has 0 aromatic heterocycles. The van der Waals surface area contributed by atoms with Gasteiger partial charge in [0.2, 0.25) is 0 Å². The van der Waals surface area contributed by atoms with E-state index in [9.17, 15) is 17.6 Å². The number of carbonyl (C=O) groups is 1. The molecule has 0 N–H and O–H groups in total. The van der Waals surface area contributed by atoms with E-state index in [1.54, 1.807) is 7.05 Å². The number of sulfone groups is 1. The highest BCUT2D eigenvalue weighted by molar-refractivity contribution is 7.91. The monoisotopic (exact) mass is 271 g/mol. The van der Waals surface area contributed by atoms with Crippen molar-refractivity contribution in [2.45, 2.75) is 12.5 Å². The van der Waals surface area contributed by atoms with Crippen molar-refractivity contribution in [1.29, 1.82) is 0 Å². The zero-order valence-corrected chi connectivity index (χ0v) is 10.8. The number of halogens is 1. The second-order valence-corrected chi connectivity index (χ2v) is 6.71. The first-order chi connectivity index (χ1) is 8.39. The van der Waals surface area contributed by atoms with Gasteiger partial charge in [0.25, 0.3) is 5.91 Å². The molecule has 1 aliphatic heterocycles. The molecule has 4 nitrogen and oxygen atoms in total. The summed E-state index contributed by atoms with van der Waals surface area (Å²) in [6.07, 6.45) is 0.444. The summed E-state index contributed by atoms with van der Waals surface area (Å²) in [6.45, 7) is 0. The molecular formula is C12H14FNO3S. The smallest absolute Gasteiger partial charge is 0.253 e. The Kier molecular flexibility index (Phi) is 3.38. The number of hydrogen-bond acceptors (Lipinski definition) is 3. The molecule has 1 fully saturated rings. The first-order valence-electron chi connectivity index (χ1n) is 5.62. The molecule has 98 valence electrons. The van der Waals surface area contributed by atoms with E-state index in [0.29, 0.717) is 6.42 Å². The highest BCUT2D eigenvalue weighted by atomic mass is 32.2. The summed E-state index contributed by atoms with van der Waals surface area (Å²) in [4.78, 5) is 13.4. The first kappa shape index (κ1) is 13.0. The molecule has 0 saturated carbocycles. The summed E-state index contributed by atoms with van der Waals surface area (Å²) in [6, 6.07) is 5.08. The van der Waals surface area contributed by atoms with Gasteiger partial charge in [-0.1, -0.05) is 6.07 Å².